The van der Waals surface area contributed by atoms with Crippen LogP contribution in [0.4, 0.5) is 0 Å². The van der Waals surface area contributed by atoms with E-state index in [1.807, 2.05) is 49.1 Å². The zero-order valence-corrected chi connectivity index (χ0v) is 13.8. The number of rotatable bonds is 5. The van der Waals surface area contributed by atoms with Crippen LogP contribution in [-0.2, 0) is 0 Å². The molecular formula is C17H21NO2S. The minimum absolute atomic E-state index is 0.118. The van der Waals surface area contributed by atoms with Gasteiger partial charge in [-0.15, -0.1) is 11.3 Å². The topological polar surface area (TPSA) is 29.5 Å². The number of hydrogen-bond donors (Lipinski definition) is 0. The summed E-state index contributed by atoms with van der Waals surface area (Å²) in [5, 5.41) is 0. The van der Waals surface area contributed by atoms with Crippen molar-refractivity contribution in [3.63, 3.8) is 0 Å². The molecule has 0 fully saturated rings. The van der Waals surface area contributed by atoms with E-state index >= 15 is 0 Å². The van der Waals surface area contributed by atoms with E-state index in [4.69, 9.17) is 4.74 Å². The van der Waals surface area contributed by atoms with Crippen molar-refractivity contribution in [2.75, 3.05) is 20.2 Å². The molecule has 2 aromatic rings. The molecule has 0 atom stereocenters. The van der Waals surface area contributed by atoms with Crippen LogP contribution in [0.2, 0.25) is 0 Å². The van der Waals surface area contributed by atoms with E-state index < -0.39 is 0 Å². The Bertz CT molecular complexity index is 612. The third-order valence-corrected chi connectivity index (χ3v) is 4.62. The van der Waals surface area contributed by atoms with Crippen LogP contribution in [0.15, 0.2) is 30.3 Å². The van der Waals surface area contributed by atoms with Crippen LogP contribution in [0.1, 0.15) is 28.4 Å². The highest BCUT2D eigenvalue weighted by molar-refractivity contribution is 7.14. The summed E-state index contributed by atoms with van der Waals surface area (Å²) in [7, 11) is 1.66. The van der Waals surface area contributed by atoms with E-state index in [2.05, 4.69) is 6.92 Å². The molecule has 0 bridgehead atoms. The number of thiophene rings is 1. The van der Waals surface area contributed by atoms with Gasteiger partial charge < -0.3 is 9.64 Å². The molecule has 4 heteroatoms. The van der Waals surface area contributed by atoms with Crippen molar-refractivity contribution in [1.29, 1.82) is 0 Å². The third-order valence-electron chi connectivity index (χ3n) is 3.58. The summed E-state index contributed by atoms with van der Waals surface area (Å²) < 4.78 is 5.18. The maximum atomic E-state index is 12.4. The van der Waals surface area contributed by atoms with E-state index in [-0.39, 0.29) is 5.91 Å². The summed E-state index contributed by atoms with van der Waals surface area (Å²) in [5.74, 6) is 0.957. The number of carbonyl (C=O) groups is 1. The van der Waals surface area contributed by atoms with Crippen LogP contribution in [0.5, 0.6) is 5.75 Å². The van der Waals surface area contributed by atoms with Gasteiger partial charge in [0.25, 0.3) is 5.91 Å². The van der Waals surface area contributed by atoms with Crippen LogP contribution in [0.3, 0.4) is 0 Å². The van der Waals surface area contributed by atoms with E-state index in [9.17, 15) is 4.79 Å². The van der Waals surface area contributed by atoms with Gasteiger partial charge in [-0.25, -0.2) is 0 Å². The molecule has 1 aromatic carbocycles. The maximum Gasteiger partial charge on any atom is 0.263 e. The Morgan fingerprint density at radius 2 is 1.81 bits per heavy atom. The summed E-state index contributed by atoms with van der Waals surface area (Å²) in [6.07, 6.45) is 0. The van der Waals surface area contributed by atoms with Gasteiger partial charge in [0.05, 0.1) is 12.0 Å². The van der Waals surface area contributed by atoms with Crippen LogP contribution in [0, 0.1) is 6.92 Å². The van der Waals surface area contributed by atoms with Gasteiger partial charge in [-0.05, 0) is 50.1 Å². The Labute approximate surface area is 130 Å². The van der Waals surface area contributed by atoms with Gasteiger partial charge in [0.1, 0.15) is 5.75 Å². The second kappa shape index (κ2) is 6.76. The lowest BCUT2D eigenvalue weighted by Gasteiger charge is -2.17. The summed E-state index contributed by atoms with van der Waals surface area (Å²) in [6.45, 7) is 7.55. The molecule has 1 heterocycles. The highest BCUT2D eigenvalue weighted by Gasteiger charge is 2.17. The van der Waals surface area contributed by atoms with E-state index in [0.717, 1.165) is 39.7 Å². The predicted octanol–water partition coefficient (Wildman–Crippen LogP) is 4.21. The van der Waals surface area contributed by atoms with Crippen molar-refractivity contribution in [1.82, 2.24) is 4.90 Å². The molecule has 0 N–H and O–H groups in total. The van der Waals surface area contributed by atoms with Gasteiger partial charge in [0.2, 0.25) is 0 Å². The van der Waals surface area contributed by atoms with E-state index in [0.29, 0.717) is 0 Å². The Hall–Kier alpha value is -1.81. The molecular weight excluding hydrogens is 282 g/mol. The number of nitrogens with zero attached hydrogens (tertiary/aromatic N) is 1. The number of ether oxygens (including phenoxy) is 1. The molecule has 0 spiro atoms. The van der Waals surface area contributed by atoms with E-state index in [1.54, 1.807) is 18.4 Å². The molecule has 0 aliphatic carbocycles. The Morgan fingerprint density at radius 3 is 2.33 bits per heavy atom. The summed E-state index contributed by atoms with van der Waals surface area (Å²) in [4.78, 5) is 16.2. The van der Waals surface area contributed by atoms with Crippen molar-refractivity contribution in [2.24, 2.45) is 0 Å². The molecule has 21 heavy (non-hydrogen) atoms. The zero-order chi connectivity index (χ0) is 15.4. The van der Waals surface area contributed by atoms with Gasteiger partial charge in [0, 0.05) is 18.0 Å². The first-order chi connectivity index (χ1) is 10.1. The van der Waals surface area contributed by atoms with Crippen LogP contribution < -0.4 is 4.74 Å². The monoisotopic (exact) mass is 303 g/mol. The van der Waals surface area contributed by atoms with Gasteiger partial charge in [-0.1, -0.05) is 12.1 Å². The summed E-state index contributed by atoms with van der Waals surface area (Å²) >= 11 is 1.56. The van der Waals surface area contributed by atoms with Crippen molar-refractivity contribution in [2.45, 2.75) is 20.8 Å². The fourth-order valence-corrected chi connectivity index (χ4v) is 3.32. The molecule has 2 rings (SSSR count). The highest BCUT2D eigenvalue weighted by atomic mass is 32.1. The normalized spacial score (nSPS) is 10.5. The maximum absolute atomic E-state index is 12.4. The molecule has 0 aliphatic heterocycles. The van der Waals surface area contributed by atoms with Crippen molar-refractivity contribution >= 4 is 17.2 Å². The zero-order valence-electron chi connectivity index (χ0n) is 13.0. The van der Waals surface area contributed by atoms with Gasteiger partial charge in [0.15, 0.2) is 0 Å². The third kappa shape index (κ3) is 3.27. The van der Waals surface area contributed by atoms with Gasteiger partial charge >= 0.3 is 0 Å². The number of hydrogen-bond acceptors (Lipinski definition) is 3. The minimum Gasteiger partial charge on any atom is -0.497 e. The highest BCUT2D eigenvalue weighted by Crippen LogP contribution is 2.32. The molecule has 0 saturated heterocycles. The Balaban J connectivity index is 2.32. The number of methoxy groups -OCH3 is 1. The Kier molecular flexibility index (Phi) is 5.02. The first kappa shape index (κ1) is 15.6. The minimum atomic E-state index is 0.118. The molecule has 0 saturated carbocycles. The smallest absolute Gasteiger partial charge is 0.263 e. The second-order valence-electron chi connectivity index (χ2n) is 4.79. The molecule has 0 aliphatic rings. The lowest BCUT2D eigenvalue weighted by Crippen LogP contribution is -2.29. The summed E-state index contributed by atoms with van der Waals surface area (Å²) in [6, 6.07) is 9.94. The van der Waals surface area contributed by atoms with Crippen molar-refractivity contribution < 1.29 is 9.53 Å². The average Bonchev–Trinajstić information content (AvgIpc) is 2.90. The lowest BCUT2D eigenvalue weighted by atomic mass is 10.1. The summed E-state index contributed by atoms with van der Waals surface area (Å²) in [5.41, 5.74) is 2.24. The number of amides is 1. The van der Waals surface area contributed by atoms with E-state index in [1.165, 1.54) is 0 Å². The van der Waals surface area contributed by atoms with Gasteiger partial charge in [-0.3, -0.25) is 4.79 Å². The quantitative estimate of drug-likeness (QED) is 0.828. The molecule has 3 nitrogen and oxygen atoms in total. The van der Waals surface area contributed by atoms with Crippen LogP contribution >= 0.6 is 11.3 Å². The van der Waals surface area contributed by atoms with Crippen molar-refractivity contribution in [3.8, 4) is 16.9 Å². The largest absolute Gasteiger partial charge is 0.497 e. The molecule has 0 unspecified atom stereocenters. The van der Waals surface area contributed by atoms with Gasteiger partial charge in [-0.2, -0.15) is 0 Å². The fraction of sp³-hybridized carbons (Fsp3) is 0.353. The standard InChI is InChI=1S/C17H21NO2S/c1-5-18(6-2)17(19)16-11-15(12(3)21-16)13-7-9-14(20-4)10-8-13/h7-11H,5-6H2,1-4H3. The number of benzene rings is 1. The molecule has 1 aromatic heterocycles. The second-order valence-corrected chi connectivity index (χ2v) is 6.04. The first-order valence-electron chi connectivity index (χ1n) is 7.14. The predicted molar refractivity (Wildman–Crippen MR) is 88.3 cm³/mol. The first-order valence-corrected chi connectivity index (χ1v) is 7.96. The van der Waals surface area contributed by atoms with Crippen LogP contribution in [0.25, 0.3) is 11.1 Å². The average molecular weight is 303 g/mol. The number of aryl methyl sites for hydroxylation is 1. The number of carbonyl (C=O) groups excluding carboxylic acids is 1. The lowest BCUT2D eigenvalue weighted by molar-refractivity contribution is 0.0778. The molecule has 0 radical (unpaired) electrons. The fourth-order valence-electron chi connectivity index (χ4n) is 2.31. The Morgan fingerprint density at radius 1 is 1.19 bits per heavy atom. The SMILES string of the molecule is CCN(CC)C(=O)c1cc(-c2ccc(OC)cc2)c(C)s1. The molecule has 112 valence electrons. The van der Waals surface area contributed by atoms with Crippen molar-refractivity contribution in [3.05, 3.63) is 40.1 Å². The molecule has 1 amide bonds. The van der Waals surface area contributed by atoms with Crippen LogP contribution in [-0.4, -0.2) is 31.0 Å².